The summed E-state index contributed by atoms with van der Waals surface area (Å²) in [6.45, 7) is 0. The van der Waals surface area contributed by atoms with E-state index in [0.29, 0.717) is 27.1 Å². The van der Waals surface area contributed by atoms with Gasteiger partial charge >= 0.3 is 0 Å². The minimum atomic E-state index is 0.428. The monoisotopic (exact) mass is 391 g/mol. The van der Waals surface area contributed by atoms with Crippen LogP contribution in [0.4, 0.5) is 5.95 Å². The van der Waals surface area contributed by atoms with E-state index in [9.17, 15) is 0 Å². The molecule has 0 aliphatic heterocycles. The van der Waals surface area contributed by atoms with Crippen molar-refractivity contribution in [3.05, 3.63) is 38.4 Å². The summed E-state index contributed by atoms with van der Waals surface area (Å²) in [5.74, 6) is 1.54. The van der Waals surface area contributed by atoms with Gasteiger partial charge in [-0.05, 0) is 50.1 Å². The summed E-state index contributed by atoms with van der Waals surface area (Å²) in [5, 5.41) is 3.48. The van der Waals surface area contributed by atoms with Crippen LogP contribution in [0.5, 0.6) is 11.6 Å². The van der Waals surface area contributed by atoms with Crippen LogP contribution in [0.3, 0.4) is 0 Å². The molecule has 0 spiro atoms. The van der Waals surface area contributed by atoms with Crippen LogP contribution in [-0.4, -0.2) is 17.0 Å². The Hall–Kier alpha value is -0.850. The van der Waals surface area contributed by atoms with Crippen molar-refractivity contribution in [2.24, 2.45) is 0 Å². The summed E-state index contributed by atoms with van der Waals surface area (Å²) in [6, 6.07) is 5.26. The summed E-state index contributed by atoms with van der Waals surface area (Å²) in [4.78, 5) is 8.26. The highest BCUT2D eigenvalue weighted by Gasteiger charge is 2.09. The Bertz CT molecular complexity index is 580. The predicted octanol–water partition coefficient (Wildman–Crippen LogP) is 4.49. The summed E-state index contributed by atoms with van der Waals surface area (Å²) in [5.41, 5.74) is 0. The maximum atomic E-state index is 5.87. The second-order valence-corrected chi connectivity index (χ2v) is 5.42. The second-order valence-electron chi connectivity index (χ2n) is 3.27. The molecule has 4 nitrogen and oxygen atoms in total. The van der Waals surface area contributed by atoms with Crippen LogP contribution in [0, 0.1) is 0 Å². The Balaban J connectivity index is 2.33. The minimum absolute atomic E-state index is 0.428. The maximum Gasteiger partial charge on any atom is 0.238 e. The second kappa shape index (κ2) is 5.86. The molecule has 7 heteroatoms. The maximum absolute atomic E-state index is 5.87. The number of hydrogen-bond acceptors (Lipinski definition) is 4. The molecular formula is C11H8Br2ClN3O. The third-order valence-corrected chi connectivity index (χ3v) is 3.43. The van der Waals surface area contributed by atoms with Crippen molar-refractivity contribution in [1.82, 2.24) is 9.97 Å². The third-order valence-electron chi connectivity index (χ3n) is 2.04. The first kappa shape index (κ1) is 13.6. The molecule has 0 unspecified atom stereocenters. The molecule has 1 aromatic carbocycles. The number of hydrogen-bond donors (Lipinski definition) is 1. The highest BCUT2D eigenvalue weighted by Crippen LogP contribution is 2.34. The Kier molecular flexibility index (Phi) is 4.42. The number of ether oxygens (including phenoxy) is 1. The van der Waals surface area contributed by atoms with E-state index in [2.05, 4.69) is 47.1 Å². The average Bonchev–Trinajstić information content (AvgIpc) is 2.35. The lowest BCUT2D eigenvalue weighted by atomic mass is 10.3. The van der Waals surface area contributed by atoms with Crippen LogP contribution in [0.15, 0.2) is 33.3 Å². The molecule has 0 radical (unpaired) electrons. The molecule has 1 N–H and O–H groups in total. The molecule has 1 heterocycles. The molecule has 0 aliphatic carbocycles. The van der Waals surface area contributed by atoms with Crippen LogP contribution >= 0.6 is 43.5 Å². The van der Waals surface area contributed by atoms with Gasteiger partial charge in [-0.25, -0.2) is 4.98 Å². The third kappa shape index (κ3) is 3.13. The molecule has 0 atom stereocenters. The number of nitrogens with one attached hydrogen (secondary N) is 1. The van der Waals surface area contributed by atoms with Crippen LogP contribution in [0.1, 0.15) is 0 Å². The topological polar surface area (TPSA) is 47.0 Å². The zero-order valence-electron chi connectivity index (χ0n) is 9.25. The van der Waals surface area contributed by atoms with E-state index >= 15 is 0 Å². The lowest BCUT2D eigenvalue weighted by Crippen LogP contribution is -1.98. The number of nitrogens with zero attached hydrogens (tertiary/aromatic N) is 2. The first-order valence-corrected chi connectivity index (χ1v) is 6.89. The van der Waals surface area contributed by atoms with Crippen molar-refractivity contribution in [3.8, 4) is 11.6 Å². The zero-order chi connectivity index (χ0) is 13.1. The molecule has 0 bridgehead atoms. The highest BCUT2D eigenvalue weighted by molar-refractivity contribution is 9.11. The van der Waals surface area contributed by atoms with Crippen LogP contribution in [0.25, 0.3) is 0 Å². The van der Waals surface area contributed by atoms with E-state index in [0.717, 1.165) is 4.47 Å². The van der Waals surface area contributed by atoms with Crippen molar-refractivity contribution in [2.75, 3.05) is 12.4 Å². The molecule has 0 saturated heterocycles. The van der Waals surface area contributed by atoms with Crippen molar-refractivity contribution in [2.45, 2.75) is 0 Å². The average molecular weight is 393 g/mol. The molecule has 0 aliphatic rings. The van der Waals surface area contributed by atoms with Gasteiger partial charge in [0.15, 0.2) is 0 Å². The Labute approximate surface area is 126 Å². The van der Waals surface area contributed by atoms with Gasteiger partial charge in [0, 0.05) is 12.1 Å². The first-order chi connectivity index (χ1) is 8.60. The molecule has 1 aromatic heterocycles. The van der Waals surface area contributed by atoms with Gasteiger partial charge in [0.1, 0.15) is 5.75 Å². The van der Waals surface area contributed by atoms with Crippen molar-refractivity contribution in [1.29, 1.82) is 0 Å². The molecule has 0 saturated carbocycles. The Morgan fingerprint density at radius 3 is 2.72 bits per heavy atom. The number of anilines is 1. The highest BCUT2D eigenvalue weighted by atomic mass is 79.9. The fraction of sp³-hybridized carbons (Fsp3) is 0.0909. The normalized spacial score (nSPS) is 10.2. The lowest BCUT2D eigenvalue weighted by molar-refractivity contribution is 0.456. The Morgan fingerprint density at radius 1 is 1.28 bits per heavy atom. The molecular weight excluding hydrogens is 385 g/mol. The van der Waals surface area contributed by atoms with E-state index in [-0.39, 0.29) is 0 Å². The van der Waals surface area contributed by atoms with Crippen LogP contribution in [0.2, 0.25) is 5.02 Å². The number of halogens is 3. The molecule has 2 rings (SSSR count). The fourth-order valence-electron chi connectivity index (χ4n) is 1.21. The van der Waals surface area contributed by atoms with Gasteiger partial charge in [0.25, 0.3) is 0 Å². The Morgan fingerprint density at radius 2 is 2.06 bits per heavy atom. The number of benzene rings is 1. The predicted molar refractivity (Wildman–Crippen MR) is 78.5 cm³/mol. The summed E-state index contributed by atoms with van der Waals surface area (Å²) in [6.07, 6.45) is 1.62. The van der Waals surface area contributed by atoms with Gasteiger partial charge in [-0.3, -0.25) is 0 Å². The molecule has 0 fully saturated rings. The van der Waals surface area contributed by atoms with Crippen molar-refractivity contribution in [3.63, 3.8) is 0 Å². The summed E-state index contributed by atoms with van der Waals surface area (Å²) >= 11 is 12.6. The largest absolute Gasteiger partial charge is 0.437 e. The first-order valence-electron chi connectivity index (χ1n) is 4.93. The number of rotatable bonds is 3. The molecule has 0 amide bonds. The standard InChI is InChI=1S/C11H8Br2ClN3O/c1-15-11-16-5-8(13)10(17-11)18-9-3-2-6(14)4-7(9)12/h2-5H,1H3,(H,15,16,17). The lowest BCUT2D eigenvalue weighted by Gasteiger charge is -2.09. The van der Waals surface area contributed by atoms with Gasteiger partial charge in [0.05, 0.1) is 15.1 Å². The quantitative estimate of drug-likeness (QED) is 0.835. The van der Waals surface area contributed by atoms with Crippen molar-refractivity contribution >= 4 is 49.4 Å². The van der Waals surface area contributed by atoms with Gasteiger partial charge in [-0.1, -0.05) is 11.6 Å². The summed E-state index contributed by atoms with van der Waals surface area (Å²) < 4.78 is 7.12. The van der Waals surface area contributed by atoms with Crippen LogP contribution < -0.4 is 10.1 Å². The fourth-order valence-corrected chi connectivity index (χ4v) is 2.24. The minimum Gasteiger partial charge on any atom is -0.437 e. The van der Waals surface area contributed by atoms with E-state index < -0.39 is 0 Å². The number of aromatic nitrogens is 2. The molecule has 2 aromatic rings. The van der Waals surface area contributed by atoms with Crippen molar-refractivity contribution < 1.29 is 4.74 Å². The van der Waals surface area contributed by atoms with Crippen LogP contribution in [-0.2, 0) is 0 Å². The van der Waals surface area contributed by atoms with E-state index in [1.54, 1.807) is 31.4 Å². The van der Waals surface area contributed by atoms with Gasteiger partial charge < -0.3 is 10.1 Å². The van der Waals surface area contributed by atoms with E-state index in [1.807, 2.05) is 0 Å². The van der Waals surface area contributed by atoms with Gasteiger partial charge in [0.2, 0.25) is 11.8 Å². The smallest absolute Gasteiger partial charge is 0.238 e. The summed E-state index contributed by atoms with van der Waals surface area (Å²) in [7, 11) is 1.74. The van der Waals surface area contributed by atoms with E-state index in [1.165, 1.54) is 0 Å². The van der Waals surface area contributed by atoms with E-state index in [4.69, 9.17) is 16.3 Å². The SMILES string of the molecule is CNc1ncc(Br)c(Oc2ccc(Cl)cc2Br)n1. The molecule has 18 heavy (non-hydrogen) atoms. The van der Waals surface area contributed by atoms with Gasteiger partial charge in [-0.15, -0.1) is 0 Å². The molecule has 94 valence electrons. The zero-order valence-corrected chi connectivity index (χ0v) is 13.2. The van der Waals surface area contributed by atoms with Gasteiger partial charge in [-0.2, -0.15) is 4.98 Å².